The average molecular weight is 371 g/mol. The van der Waals surface area contributed by atoms with Gasteiger partial charge < -0.3 is 4.90 Å². The molecule has 1 aliphatic rings. The lowest BCUT2D eigenvalue weighted by atomic mass is 9.98. The Bertz CT molecular complexity index is 936. The fourth-order valence-electron chi connectivity index (χ4n) is 3.47. The molecule has 0 bridgehead atoms. The van der Waals surface area contributed by atoms with Gasteiger partial charge in [0.2, 0.25) is 0 Å². The van der Waals surface area contributed by atoms with Crippen molar-refractivity contribution in [3.63, 3.8) is 0 Å². The first-order valence-corrected chi connectivity index (χ1v) is 9.76. The van der Waals surface area contributed by atoms with Gasteiger partial charge in [0.1, 0.15) is 0 Å². The monoisotopic (exact) mass is 370 g/mol. The molecule has 1 aromatic carbocycles. The highest BCUT2D eigenvalue weighted by molar-refractivity contribution is 7.19. The van der Waals surface area contributed by atoms with E-state index >= 15 is 0 Å². The van der Waals surface area contributed by atoms with Crippen LogP contribution in [0.4, 0.5) is 0 Å². The van der Waals surface area contributed by atoms with Crippen molar-refractivity contribution in [2.24, 2.45) is 5.92 Å². The molecule has 5 heteroatoms. The molecule has 1 amide bonds. The smallest absolute Gasteiger partial charge is 0.254 e. The summed E-state index contributed by atoms with van der Waals surface area (Å²) in [5.41, 5.74) is 2.39. The van der Waals surface area contributed by atoms with Gasteiger partial charge in [-0.3, -0.25) is 4.79 Å². The lowest BCUT2D eigenvalue weighted by Gasteiger charge is -2.31. The number of carbonyl (C=O) groups excluding carboxylic acids is 1. The molecule has 3 aromatic rings. The second-order valence-corrected chi connectivity index (χ2v) is 8.39. The first-order valence-electron chi connectivity index (χ1n) is 8.56. The van der Waals surface area contributed by atoms with Crippen molar-refractivity contribution in [2.75, 3.05) is 13.1 Å². The Morgan fingerprint density at radius 3 is 2.88 bits per heavy atom. The Hall–Kier alpha value is -1.91. The molecule has 1 saturated heterocycles. The van der Waals surface area contributed by atoms with E-state index in [1.165, 1.54) is 17.8 Å². The number of aromatic nitrogens is 1. The molecule has 0 N–H and O–H groups in total. The van der Waals surface area contributed by atoms with Crippen molar-refractivity contribution in [2.45, 2.75) is 19.8 Å². The van der Waals surface area contributed by atoms with Crippen LogP contribution in [0, 0.1) is 5.92 Å². The topological polar surface area (TPSA) is 33.2 Å². The number of para-hydroxylation sites is 1. The second kappa shape index (κ2) is 6.77. The molecular formula is C20H19ClN2OS. The van der Waals surface area contributed by atoms with Gasteiger partial charge in [-0.15, -0.1) is 11.3 Å². The number of rotatable bonds is 2. The Morgan fingerprint density at radius 1 is 1.28 bits per heavy atom. The molecule has 0 aliphatic carbocycles. The van der Waals surface area contributed by atoms with E-state index < -0.39 is 0 Å². The Balaban J connectivity index is 1.82. The van der Waals surface area contributed by atoms with Crippen LogP contribution in [0.15, 0.2) is 42.5 Å². The minimum Gasteiger partial charge on any atom is -0.338 e. The van der Waals surface area contributed by atoms with Gasteiger partial charge in [-0.2, -0.15) is 0 Å². The van der Waals surface area contributed by atoms with Crippen molar-refractivity contribution in [3.05, 3.63) is 52.4 Å². The summed E-state index contributed by atoms with van der Waals surface area (Å²) in [6.45, 7) is 3.87. The van der Waals surface area contributed by atoms with Crippen molar-refractivity contribution in [3.8, 4) is 10.6 Å². The van der Waals surface area contributed by atoms with Crippen LogP contribution in [-0.2, 0) is 0 Å². The van der Waals surface area contributed by atoms with E-state index in [0.717, 1.165) is 50.9 Å². The van der Waals surface area contributed by atoms with Crippen molar-refractivity contribution in [1.82, 2.24) is 9.88 Å². The van der Waals surface area contributed by atoms with E-state index in [1.54, 1.807) is 0 Å². The van der Waals surface area contributed by atoms with Crippen molar-refractivity contribution < 1.29 is 4.79 Å². The molecule has 1 aliphatic heterocycles. The molecule has 25 heavy (non-hydrogen) atoms. The zero-order chi connectivity index (χ0) is 17.4. The summed E-state index contributed by atoms with van der Waals surface area (Å²) < 4.78 is 0.725. The Morgan fingerprint density at radius 2 is 2.12 bits per heavy atom. The maximum Gasteiger partial charge on any atom is 0.254 e. The number of amides is 1. The van der Waals surface area contributed by atoms with Gasteiger partial charge in [-0.05, 0) is 43.0 Å². The van der Waals surface area contributed by atoms with Gasteiger partial charge in [0.15, 0.2) is 0 Å². The van der Waals surface area contributed by atoms with Crippen LogP contribution in [0.3, 0.4) is 0 Å². The number of hydrogen-bond acceptors (Lipinski definition) is 3. The molecular weight excluding hydrogens is 352 g/mol. The SMILES string of the molecule is CC1CCCN(C(=O)c2cc(-c3ccc(Cl)s3)nc3ccccc23)C1. The normalized spacial score (nSPS) is 17.8. The number of piperidine rings is 1. The van der Waals surface area contributed by atoms with Crippen molar-refractivity contribution >= 4 is 39.7 Å². The van der Waals surface area contributed by atoms with Crippen LogP contribution in [0.25, 0.3) is 21.5 Å². The molecule has 2 aromatic heterocycles. The molecule has 4 rings (SSSR count). The predicted molar refractivity (Wildman–Crippen MR) is 104 cm³/mol. The molecule has 1 unspecified atom stereocenters. The van der Waals surface area contributed by atoms with E-state index in [2.05, 4.69) is 6.92 Å². The van der Waals surface area contributed by atoms with Crippen LogP contribution in [0.2, 0.25) is 4.34 Å². The van der Waals surface area contributed by atoms with Crippen LogP contribution in [0.5, 0.6) is 0 Å². The van der Waals surface area contributed by atoms with Crippen LogP contribution < -0.4 is 0 Å². The van der Waals surface area contributed by atoms with E-state index in [-0.39, 0.29) is 5.91 Å². The standard InChI is InChI=1S/C20H19ClN2OS/c1-13-5-4-10-23(12-13)20(24)15-11-17(18-8-9-19(21)25-18)22-16-7-3-2-6-14(15)16/h2-3,6-9,11,13H,4-5,10,12H2,1H3. The summed E-state index contributed by atoms with van der Waals surface area (Å²) in [6, 6.07) is 13.6. The number of nitrogens with zero attached hydrogens (tertiary/aromatic N) is 2. The summed E-state index contributed by atoms with van der Waals surface area (Å²) in [4.78, 5) is 20.9. The minimum atomic E-state index is 0.106. The second-order valence-electron chi connectivity index (χ2n) is 6.67. The van der Waals surface area contributed by atoms with E-state index in [1.807, 2.05) is 47.4 Å². The predicted octanol–water partition coefficient (Wildman–Crippen LogP) is 5.49. The molecule has 3 heterocycles. The fraction of sp³-hybridized carbons (Fsp3) is 0.300. The van der Waals surface area contributed by atoms with Crippen LogP contribution >= 0.6 is 22.9 Å². The third-order valence-corrected chi connectivity index (χ3v) is 5.97. The van der Waals surface area contributed by atoms with Gasteiger partial charge in [0.05, 0.1) is 26.0 Å². The highest BCUT2D eigenvalue weighted by Gasteiger charge is 2.24. The number of pyridine rings is 1. The number of halogens is 1. The molecule has 0 saturated carbocycles. The van der Waals surface area contributed by atoms with Gasteiger partial charge in [0, 0.05) is 18.5 Å². The van der Waals surface area contributed by atoms with Gasteiger partial charge in [-0.25, -0.2) is 4.98 Å². The minimum absolute atomic E-state index is 0.106. The van der Waals surface area contributed by atoms with Crippen molar-refractivity contribution in [1.29, 1.82) is 0 Å². The number of hydrogen-bond donors (Lipinski definition) is 0. The molecule has 1 atom stereocenters. The summed E-state index contributed by atoms with van der Waals surface area (Å²) in [5, 5.41) is 0.914. The number of carbonyl (C=O) groups is 1. The summed E-state index contributed by atoms with van der Waals surface area (Å²) in [7, 11) is 0. The molecule has 3 nitrogen and oxygen atoms in total. The summed E-state index contributed by atoms with van der Waals surface area (Å²) in [6.07, 6.45) is 2.27. The molecule has 128 valence electrons. The third-order valence-electron chi connectivity index (χ3n) is 4.72. The molecule has 1 fully saturated rings. The van der Waals surface area contributed by atoms with Crippen LogP contribution in [0.1, 0.15) is 30.1 Å². The zero-order valence-electron chi connectivity index (χ0n) is 14.0. The average Bonchev–Trinajstić information content (AvgIpc) is 3.06. The highest BCUT2D eigenvalue weighted by atomic mass is 35.5. The number of likely N-dealkylation sites (tertiary alicyclic amines) is 1. The van der Waals surface area contributed by atoms with E-state index in [4.69, 9.17) is 16.6 Å². The Kier molecular flexibility index (Phi) is 4.48. The largest absolute Gasteiger partial charge is 0.338 e. The van der Waals surface area contributed by atoms with Gasteiger partial charge in [0.25, 0.3) is 5.91 Å². The first-order chi connectivity index (χ1) is 12.1. The van der Waals surface area contributed by atoms with E-state index in [9.17, 15) is 4.79 Å². The first kappa shape index (κ1) is 16.6. The maximum absolute atomic E-state index is 13.2. The van der Waals surface area contributed by atoms with Gasteiger partial charge >= 0.3 is 0 Å². The molecule has 0 radical (unpaired) electrons. The quantitative estimate of drug-likeness (QED) is 0.597. The lowest BCUT2D eigenvalue weighted by molar-refractivity contribution is 0.0685. The third kappa shape index (κ3) is 3.29. The number of fused-ring (bicyclic) bond motifs is 1. The fourth-order valence-corrected chi connectivity index (χ4v) is 4.48. The maximum atomic E-state index is 13.2. The lowest BCUT2D eigenvalue weighted by Crippen LogP contribution is -2.39. The van der Waals surface area contributed by atoms with E-state index in [0.29, 0.717) is 5.92 Å². The zero-order valence-corrected chi connectivity index (χ0v) is 15.6. The van der Waals surface area contributed by atoms with Crippen LogP contribution in [-0.4, -0.2) is 28.9 Å². The highest BCUT2D eigenvalue weighted by Crippen LogP contribution is 2.33. The van der Waals surface area contributed by atoms with Gasteiger partial charge in [-0.1, -0.05) is 36.7 Å². The summed E-state index contributed by atoms with van der Waals surface area (Å²) in [5.74, 6) is 0.662. The number of benzene rings is 1. The molecule has 0 spiro atoms. The Labute approximate surface area is 156 Å². The number of thiophene rings is 1. The summed E-state index contributed by atoms with van der Waals surface area (Å²) >= 11 is 7.57.